The van der Waals surface area contributed by atoms with Crippen molar-refractivity contribution in [3.05, 3.63) is 66.5 Å². The Kier molecular flexibility index (Phi) is 6.00. The summed E-state index contributed by atoms with van der Waals surface area (Å²) in [5.41, 5.74) is 0.959. The van der Waals surface area contributed by atoms with Gasteiger partial charge in [-0.15, -0.1) is 6.58 Å². The van der Waals surface area contributed by atoms with Gasteiger partial charge in [-0.05, 0) is 42.0 Å². The van der Waals surface area contributed by atoms with Gasteiger partial charge in [0.25, 0.3) is 0 Å². The Morgan fingerprint density at radius 2 is 1.96 bits per heavy atom. The van der Waals surface area contributed by atoms with Gasteiger partial charge in [0.1, 0.15) is 11.9 Å². The van der Waals surface area contributed by atoms with Crippen LogP contribution in [0, 0.1) is 11.7 Å². The number of benzene rings is 2. The van der Waals surface area contributed by atoms with Crippen molar-refractivity contribution in [1.82, 2.24) is 0 Å². The van der Waals surface area contributed by atoms with Crippen LogP contribution >= 0.6 is 0 Å². The molecule has 0 spiro atoms. The first-order valence-corrected chi connectivity index (χ1v) is 7.67. The van der Waals surface area contributed by atoms with Gasteiger partial charge in [0, 0.05) is 11.6 Å². The van der Waals surface area contributed by atoms with Gasteiger partial charge in [-0.2, -0.15) is 0 Å². The number of hydrogen-bond acceptors (Lipinski definition) is 4. The second kappa shape index (κ2) is 8.19. The number of phenols is 1. The van der Waals surface area contributed by atoms with Crippen molar-refractivity contribution in [3.63, 3.8) is 0 Å². The molecule has 0 radical (unpaired) electrons. The lowest BCUT2D eigenvalue weighted by Gasteiger charge is -2.22. The van der Waals surface area contributed by atoms with Gasteiger partial charge in [0.15, 0.2) is 11.6 Å². The van der Waals surface area contributed by atoms with E-state index in [4.69, 9.17) is 9.47 Å². The van der Waals surface area contributed by atoms with E-state index in [1.165, 1.54) is 12.1 Å². The van der Waals surface area contributed by atoms with E-state index in [2.05, 4.69) is 11.9 Å². The number of methoxy groups -OCH3 is 1. The van der Waals surface area contributed by atoms with Crippen molar-refractivity contribution in [1.29, 1.82) is 0 Å². The molecule has 0 aromatic heterocycles. The van der Waals surface area contributed by atoms with Gasteiger partial charge >= 0.3 is 6.09 Å². The highest BCUT2D eigenvalue weighted by Gasteiger charge is 2.23. The van der Waals surface area contributed by atoms with Crippen LogP contribution in [0.2, 0.25) is 0 Å². The van der Waals surface area contributed by atoms with Gasteiger partial charge in [-0.3, -0.25) is 5.32 Å². The molecule has 0 saturated heterocycles. The fourth-order valence-corrected chi connectivity index (χ4v) is 2.24. The highest BCUT2D eigenvalue weighted by molar-refractivity contribution is 5.84. The van der Waals surface area contributed by atoms with Crippen molar-refractivity contribution in [2.75, 3.05) is 12.4 Å². The van der Waals surface area contributed by atoms with Crippen LogP contribution in [-0.2, 0) is 4.74 Å². The Labute approximate surface area is 145 Å². The molecule has 0 bridgehead atoms. The summed E-state index contributed by atoms with van der Waals surface area (Å²) in [5.74, 6) is -0.837. The molecule has 2 aromatic carbocycles. The predicted octanol–water partition coefficient (Wildman–Crippen LogP) is 4.65. The summed E-state index contributed by atoms with van der Waals surface area (Å²) in [6.45, 7) is 5.48. The van der Waals surface area contributed by atoms with E-state index in [0.29, 0.717) is 17.0 Å². The molecule has 0 heterocycles. The molecule has 2 aromatic rings. The molecular formula is C19H20FNO4. The van der Waals surface area contributed by atoms with Crippen LogP contribution in [0.1, 0.15) is 18.6 Å². The summed E-state index contributed by atoms with van der Waals surface area (Å²) in [4.78, 5) is 12.2. The number of nitrogens with one attached hydrogen (secondary N) is 1. The molecule has 0 aliphatic carbocycles. The maximum Gasteiger partial charge on any atom is 0.412 e. The molecule has 1 amide bonds. The number of ether oxygens (including phenoxy) is 2. The lowest BCUT2D eigenvalue weighted by molar-refractivity contribution is 0.0895. The number of amides is 1. The largest absolute Gasteiger partial charge is 0.505 e. The third-order valence-corrected chi connectivity index (χ3v) is 3.72. The third kappa shape index (κ3) is 4.73. The Hall–Kier alpha value is -3.02. The number of hydrogen-bond donors (Lipinski definition) is 2. The maximum absolute atomic E-state index is 13.6. The van der Waals surface area contributed by atoms with E-state index in [9.17, 15) is 14.3 Å². The molecule has 2 N–H and O–H groups in total. The zero-order valence-corrected chi connectivity index (χ0v) is 14.0. The summed E-state index contributed by atoms with van der Waals surface area (Å²) >= 11 is 0. The normalized spacial score (nSPS) is 12.8. The molecule has 5 nitrogen and oxygen atoms in total. The smallest absolute Gasteiger partial charge is 0.412 e. The predicted molar refractivity (Wildman–Crippen MR) is 93.3 cm³/mol. The quantitative estimate of drug-likeness (QED) is 0.748. The van der Waals surface area contributed by atoms with Crippen LogP contribution in [0.5, 0.6) is 11.5 Å². The van der Waals surface area contributed by atoms with Crippen LogP contribution < -0.4 is 10.1 Å². The van der Waals surface area contributed by atoms with Crippen LogP contribution in [-0.4, -0.2) is 18.3 Å². The van der Waals surface area contributed by atoms with E-state index in [-0.39, 0.29) is 5.92 Å². The lowest BCUT2D eigenvalue weighted by Crippen LogP contribution is -2.21. The topological polar surface area (TPSA) is 67.8 Å². The Morgan fingerprint density at radius 1 is 1.28 bits per heavy atom. The number of aromatic hydroxyl groups is 1. The first-order valence-electron chi connectivity index (χ1n) is 7.67. The zero-order chi connectivity index (χ0) is 18.4. The highest BCUT2D eigenvalue weighted by Crippen LogP contribution is 2.30. The Bertz CT molecular complexity index is 746. The highest BCUT2D eigenvalue weighted by atomic mass is 19.1. The van der Waals surface area contributed by atoms with Crippen molar-refractivity contribution < 1.29 is 23.8 Å². The van der Waals surface area contributed by atoms with Crippen LogP contribution in [0.3, 0.4) is 0 Å². The number of rotatable bonds is 6. The number of carbonyl (C=O) groups excluding carboxylic acids is 1. The minimum Gasteiger partial charge on any atom is -0.505 e. The molecule has 132 valence electrons. The third-order valence-electron chi connectivity index (χ3n) is 3.72. The summed E-state index contributed by atoms with van der Waals surface area (Å²) in [6, 6.07) is 10.6. The second-order valence-corrected chi connectivity index (χ2v) is 5.49. The minimum absolute atomic E-state index is 0.259. The summed E-state index contributed by atoms with van der Waals surface area (Å²) in [7, 11) is 1.55. The first kappa shape index (κ1) is 18.3. The first-order chi connectivity index (χ1) is 11.9. The van der Waals surface area contributed by atoms with E-state index in [1.807, 2.05) is 0 Å². The van der Waals surface area contributed by atoms with Crippen molar-refractivity contribution in [2.45, 2.75) is 13.0 Å². The van der Waals surface area contributed by atoms with Crippen LogP contribution in [0.15, 0.2) is 55.1 Å². The fourth-order valence-electron chi connectivity index (χ4n) is 2.24. The lowest BCUT2D eigenvalue weighted by atomic mass is 9.97. The average Bonchev–Trinajstić information content (AvgIpc) is 2.62. The Balaban J connectivity index is 2.13. The molecular weight excluding hydrogens is 325 g/mol. The van der Waals surface area contributed by atoms with E-state index >= 15 is 0 Å². The molecule has 0 saturated carbocycles. The van der Waals surface area contributed by atoms with Crippen molar-refractivity contribution in [2.24, 2.45) is 5.92 Å². The molecule has 0 fully saturated rings. The van der Waals surface area contributed by atoms with E-state index in [1.54, 1.807) is 44.4 Å². The van der Waals surface area contributed by atoms with Crippen LogP contribution in [0.25, 0.3) is 0 Å². The van der Waals surface area contributed by atoms with E-state index in [0.717, 1.165) is 6.07 Å². The molecule has 0 aliphatic heterocycles. The number of carbonyl (C=O) groups is 1. The summed E-state index contributed by atoms with van der Waals surface area (Å²) < 4.78 is 24.1. The second-order valence-electron chi connectivity index (χ2n) is 5.49. The summed E-state index contributed by atoms with van der Waals surface area (Å²) in [6.07, 6.45) is 0.180. The average molecular weight is 345 g/mol. The summed E-state index contributed by atoms with van der Waals surface area (Å²) in [5, 5.41) is 11.9. The molecule has 2 rings (SSSR count). The number of phenolic OH excluding ortho intramolecular Hbond substituents is 1. The van der Waals surface area contributed by atoms with Crippen LogP contribution in [0.4, 0.5) is 14.9 Å². The van der Waals surface area contributed by atoms with Crippen molar-refractivity contribution in [3.8, 4) is 11.5 Å². The van der Waals surface area contributed by atoms with Gasteiger partial charge in [0.05, 0.1) is 7.11 Å². The minimum atomic E-state index is -0.780. The molecule has 6 heteroatoms. The molecule has 25 heavy (non-hydrogen) atoms. The van der Waals surface area contributed by atoms with Gasteiger partial charge in [-0.1, -0.05) is 19.1 Å². The molecule has 2 atom stereocenters. The SMILES string of the molecule is C=C[C@H](C)[C@@H](OC(=O)Nc1ccc(OC)cc1)c1ccc(O)c(F)c1. The van der Waals surface area contributed by atoms with Gasteiger partial charge in [0.2, 0.25) is 0 Å². The van der Waals surface area contributed by atoms with E-state index < -0.39 is 23.8 Å². The number of anilines is 1. The monoisotopic (exact) mass is 345 g/mol. The number of halogens is 1. The standard InChI is InChI=1S/C19H20FNO4/c1-4-12(2)18(13-5-10-17(22)16(20)11-13)25-19(23)21-14-6-8-15(24-3)9-7-14/h4-12,18,22H,1H2,2-3H3,(H,21,23)/t12-,18+/m0/s1. The Morgan fingerprint density at radius 3 is 2.52 bits per heavy atom. The molecule has 0 aliphatic rings. The van der Waals surface area contributed by atoms with Gasteiger partial charge < -0.3 is 14.6 Å². The van der Waals surface area contributed by atoms with Gasteiger partial charge in [-0.25, -0.2) is 9.18 Å². The maximum atomic E-state index is 13.6. The van der Waals surface area contributed by atoms with Crippen molar-refractivity contribution >= 4 is 11.8 Å². The zero-order valence-electron chi connectivity index (χ0n) is 14.0. The fraction of sp³-hybridized carbons (Fsp3) is 0.211. The molecule has 0 unspecified atom stereocenters.